The van der Waals surface area contributed by atoms with E-state index >= 15 is 0 Å². The van der Waals surface area contributed by atoms with Gasteiger partial charge < -0.3 is 10.0 Å². The van der Waals surface area contributed by atoms with Crippen LogP contribution in [0.15, 0.2) is 18.2 Å². The van der Waals surface area contributed by atoms with Crippen molar-refractivity contribution in [2.75, 3.05) is 11.9 Å². The van der Waals surface area contributed by atoms with Gasteiger partial charge in [-0.05, 0) is 49.9 Å². The maximum atomic E-state index is 12.5. The summed E-state index contributed by atoms with van der Waals surface area (Å²) < 4.78 is 0. The quantitative estimate of drug-likeness (QED) is 0.868. The number of halogens is 1. The highest BCUT2D eigenvalue weighted by Gasteiger charge is 2.28. The van der Waals surface area contributed by atoms with E-state index in [2.05, 4.69) is 15.9 Å². The van der Waals surface area contributed by atoms with Crippen LogP contribution in [0.2, 0.25) is 0 Å². The lowest BCUT2D eigenvalue weighted by Gasteiger charge is -2.37. The molecule has 1 aliphatic rings. The second kappa shape index (κ2) is 5.74. The van der Waals surface area contributed by atoms with Gasteiger partial charge in [0.1, 0.15) is 5.75 Å². The van der Waals surface area contributed by atoms with Gasteiger partial charge in [0.2, 0.25) is 0 Å². The Morgan fingerprint density at radius 1 is 1.50 bits per heavy atom. The molecule has 0 radical (unpaired) electrons. The predicted octanol–water partition coefficient (Wildman–Crippen LogP) is 3.09. The van der Waals surface area contributed by atoms with Gasteiger partial charge in [0.15, 0.2) is 0 Å². The fraction of sp³-hybridized carbons (Fsp3) is 0.500. The van der Waals surface area contributed by atoms with Crippen LogP contribution in [0.25, 0.3) is 0 Å². The Labute approximate surface area is 116 Å². The molecule has 1 aromatic carbocycles. The minimum absolute atomic E-state index is 0.0715. The van der Waals surface area contributed by atoms with Crippen LogP contribution in [-0.4, -0.2) is 33.8 Å². The second-order valence-electron chi connectivity index (χ2n) is 4.77. The molecule has 1 saturated carbocycles. The van der Waals surface area contributed by atoms with E-state index in [-0.39, 0.29) is 11.7 Å². The van der Waals surface area contributed by atoms with Crippen molar-refractivity contribution in [2.24, 2.45) is 0 Å². The third-order valence-corrected chi connectivity index (χ3v) is 3.90. The topological polar surface area (TPSA) is 40.5 Å². The number of carbonyl (C=O) groups is 1. The highest BCUT2D eigenvalue weighted by Crippen LogP contribution is 2.27. The van der Waals surface area contributed by atoms with Crippen molar-refractivity contribution in [1.29, 1.82) is 0 Å². The highest BCUT2D eigenvalue weighted by molar-refractivity contribution is 9.09. The van der Waals surface area contributed by atoms with E-state index in [1.54, 1.807) is 18.2 Å². The molecule has 98 valence electrons. The molecule has 1 amide bonds. The number of nitrogens with zero attached hydrogens (tertiary/aromatic N) is 1. The number of aryl methyl sites for hydroxylation is 1. The van der Waals surface area contributed by atoms with Crippen LogP contribution < -0.4 is 0 Å². The Morgan fingerprint density at radius 2 is 2.22 bits per heavy atom. The van der Waals surface area contributed by atoms with Crippen molar-refractivity contribution in [3.8, 4) is 5.75 Å². The molecule has 0 heterocycles. The monoisotopic (exact) mass is 311 g/mol. The minimum atomic E-state index is 0.0715. The smallest absolute Gasteiger partial charge is 0.254 e. The van der Waals surface area contributed by atoms with Gasteiger partial charge >= 0.3 is 0 Å². The van der Waals surface area contributed by atoms with Crippen molar-refractivity contribution in [3.63, 3.8) is 0 Å². The van der Waals surface area contributed by atoms with Gasteiger partial charge in [-0.2, -0.15) is 0 Å². The Bertz CT molecular complexity index is 443. The first-order chi connectivity index (χ1) is 8.63. The number of phenolic OH excluding ortho intramolecular Hbond substituents is 1. The normalized spacial score (nSPS) is 15.2. The molecule has 0 unspecified atom stereocenters. The van der Waals surface area contributed by atoms with E-state index in [0.29, 0.717) is 11.6 Å². The summed E-state index contributed by atoms with van der Waals surface area (Å²) in [7, 11) is 0. The number of hydrogen-bond acceptors (Lipinski definition) is 2. The largest absolute Gasteiger partial charge is 0.508 e. The fourth-order valence-electron chi connectivity index (χ4n) is 2.19. The number of benzene rings is 1. The molecule has 0 bridgehead atoms. The molecule has 0 saturated heterocycles. The van der Waals surface area contributed by atoms with Crippen molar-refractivity contribution < 1.29 is 9.90 Å². The second-order valence-corrected chi connectivity index (χ2v) is 5.57. The van der Waals surface area contributed by atoms with Crippen LogP contribution in [0.1, 0.15) is 35.2 Å². The molecule has 0 spiro atoms. The van der Waals surface area contributed by atoms with Crippen molar-refractivity contribution in [2.45, 2.75) is 32.2 Å². The first-order valence-electron chi connectivity index (χ1n) is 6.30. The zero-order chi connectivity index (χ0) is 13.1. The Kier molecular flexibility index (Phi) is 4.27. The molecule has 18 heavy (non-hydrogen) atoms. The van der Waals surface area contributed by atoms with Crippen LogP contribution in [0, 0.1) is 6.92 Å². The summed E-state index contributed by atoms with van der Waals surface area (Å²) in [5.41, 5.74) is 1.41. The summed E-state index contributed by atoms with van der Waals surface area (Å²) in [4.78, 5) is 14.4. The standard InChI is InChI=1S/C14H18BrNO2/c1-10-9-11(5-6-13(10)17)14(18)16(8-7-15)12-3-2-4-12/h5-6,9,12,17H,2-4,7-8H2,1H3. The predicted molar refractivity (Wildman–Crippen MR) is 75.3 cm³/mol. The molecule has 0 aromatic heterocycles. The third kappa shape index (κ3) is 2.69. The lowest BCUT2D eigenvalue weighted by Crippen LogP contribution is -2.45. The molecule has 1 aliphatic carbocycles. The van der Waals surface area contributed by atoms with Gasteiger partial charge in [-0.3, -0.25) is 4.79 Å². The van der Waals surface area contributed by atoms with E-state index in [1.807, 2.05) is 11.8 Å². The van der Waals surface area contributed by atoms with Crippen LogP contribution in [0.3, 0.4) is 0 Å². The SMILES string of the molecule is Cc1cc(C(=O)N(CCBr)C2CCC2)ccc1O. The number of amides is 1. The number of aromatic hydroxyl groups is 1. The molecule has 2 rings (SSSR count). The molecule has 0 atom stereocenters. The van der Waals surface area contributed by atoms with E-state index < -0.39 is 0 Å². The Morgan fingerprint density at radius 3 is 2.72 bits per heavy atom. The number of carbonyl (C=O) groups excluding carboxylic acids is 1. The third-order valence-electron chi connectivity index (χ3n) is 3.55. The van der Waals surface area contributed by atoms with E-state index in [0.717, 1.165) is 30.3 Å². The van der Waals surface area contributed by atoms with Gasteiger partial charge in [-0.25, -0.2) is 0 Å². The zero-order valence-corrected chi connectivity index (χ0v) is 12.1. The average molecular weight is 312 g/mol. The maximum Gasteiger partial charge on any atom is 0.254 e. The maximum absolute atomic E-state index is 12.5. The van der Waals surface area contributed by atoms with Gasteiger partial charge in [0.25, 0.3) is 5.91 Å². The van der Waals surface area contributed by atoms with Gasteiger partial charge in [0.05, 0.1) is 0 Å². The number of hydrogen-bond donors (Lipinski definition) is 1. The molecule has 3 nitrogen and oxygen atoms in total. The molecular formula is C14H18BrNO2. The lowest BCUT2D eigenvalue weighted by atomic mass is 9.91. The van der Waals surface area contributed by atoms with Crippen molar-refractivity contribution in [1.82, 2.24) is 4.90 Å². The molecule has 1 N–H and O–H groups in total. The lowest BCUT2D eigenvalue weighted by molar-refractivity contribution is 0.0599. The summed E-state index contributed by atoms with van der Waals surface area (Å²) in [5.74, 6) is 0.310. The number of phenols is 1. The molecule has 0 aliphatic heterocycles. The van der Waals surface area contributed by atoms with Crippen molar-refractivity contribution >= 4 is 21.8 Å². The zero-order valence-electron chi connectivity index (χ0n) is 10.5. The van der Waals surface area contributed by atoms with E-state index in [1.165, 1.54) is 6.42 Å². The molecular weight excluding hydrogens is 294 g/mol. The van der Waals surface area contributed by atoms with Crippen LogP contribution in [0.4, 0.5) is 0 Å². The number of rotatable bonds is 4. The summed E-state index contributed by atoms with van der Waals surface area (Å²) in [6.45, 7) is 2.55. The van der Waals surface area contributed by atoms with Gasteiger partial charge in [0, 0.05) is 23.5 Å². The first-order valence-corrected chi connectivity index (χ1v) is 7.42. The van der Waals surface area contributed by atoms with Gasteiger partial charge in [-0.1, -0.05) is 15.9 Å². The Balaban J connectivity index is 2.18. The van der Waals surface area contributed by atoms with Crippen molar-refractivity contribution in [3.05, 3.63) is 29.3 Å². The summed E-state index contributed by atoms with van der Waals surface area (Å²) in [6, 6.07) is 5.45. The van der Waals surface area contributed by atoms with Crippen LogP contribution >= 0.6 is 15.9 Å². The average Bonchev–Trinajstić information content (AvgIpc) is 2.29. The molecule has 1 aromatic rings. The molecule has 1 fully saturated rings. The minimum Gasteiger partial charge on any atom is -0.508 e. The van der Waals surface area contributed by atoms with Gasteiger partial charge in [-0.15, -0.1) is 0 Å². The summed E-state index contributed by atoms with van der Waals surface area (Å²) in [5, 5.41) is 10.3. The highest BCUT2D eigenvalue weighted by atomic mass is 79.9. The fourth-order valence-corrected chi connectivity index (χ4v) is 2.58. The van der Waals surface area contributed by atoms with Crippen LogP contribution in [-0.2, 0) is 0 Å². The van der Waals surface area contributed by atoms with Crippen LogP contribution in [0.5, 0.6) is 5.75 Å². The number of alkyl halides is 1. The first kappa shape index (κ1) is 13.4. The van der Waals surface area contributed by atoms with E-state index in [9.17, 15) is 9.90 Å². The summed E-state index contributed by atoms with van der Waals surface area (Å²) in [6.07, 6.45) is 3.43. The molecule has 4 heteroatoms. The summed E-state index contributed by atoms with van der Waals surface area (Å²) >= 11 is 3.40. The van der Waals surface area contributed by atoms with E-state index in [4.69, 9.17) is 0 Å². The Hall–Kier alpha value is -1.03.